The lowest BCUT2D eigenvalue weighted by atomic mass is 10.1. The molecule has 0 unspecified atom stereocenters. The van der Waals surface area contributed by atoms with Crippen molar-refractivity contribution < 1.29 is 18.4 Å². The summed E-state index contributed by atoms with van der Waals surface area (Å²) in [6.45, 7) is -2.77. The normalized spacial score (nSPS) is 12.0. The number of nitrogens with zero attached hydrogens (tertiary/aromatic N) is 6. The van der Waals surface area contributed by atoms with Gasteiger partial charge in [0.05, 0.1) is 24.0 Å². The maximum Gasteiger partial charge on any atom is 0.326 e. The first-order chi connectivity index (χ1) is 18.1. The van der Waals surface area contributed by atoms with E-state index < -0.39 is 18.9 Å². The number of para-hydroxylation sites is 1. The minimum absolute atomic E-state index is 0.0344. The molecule has 35 heavy (non-hydrogen) atoms. The Kier molecular flexibility index (Phi) is 5.68. The van der Waals surface area contributed by atoms with Gasteiger partial charge in [-0.2, -0.15) is 5.10 Å². The zero-order chi connectivity index (χ0) is 27.3. The third-order valence-corrected chi connectivity index (χ3v) is 4.60. The quantitative estimate of drug-likeness (QED) is 0.313. The van der Waals surface area contributed by atoms with Crippen LogP contribution in [0.3, 0.4) is 0 Å². The Labute approximate surface area is 204 Å². The van der Waals surface area contributed by atoms with Crippen molar-refractivity contribution in [2.24, 2.45) is 7.05 Å². The summed E-state index contributed by atoms with van der Waals surface area (Å²) in [6, 6.07) is 10.8. The van der Waals surface area contributed by atoms with Gasteiger partial charge in [-0.05, 0) is 24.3 Å². The van der Waals surface area contributed by atoms with Gasteiger partial charge in [-0.3, -0.25) is 20.1 Å². The molecule has 13 heteroatoms. The molecule has 0 saturated carbocycles. The predicted octanol–water partition coefficient (Wildman–Crippen LogP) is 2.42. The topological polar surface area (TPSA) is 161 Å². The monoisotopic (exact) mass is 477 g/mol. The molecular weight excluding hydrogens is 452 g/mol. The Bertz CT molecular complexity index is 1460. The second kappa shape index (κ2) is 10.2. The molecule has 3 aromatic heterocycles. The average molecular weight is 478 g/mol. The number of amides is 3. The van der Waals surface area contributed by atoms with Gasteiger partial charge in [0.15, 0.2) is 23.1 Å². The molecule has 13 nitrogen and oxygen atoms in total. The van der Waals surface area contributed by atoms with Crippen LogP contribution >= 0.6 is 0 Å². The van der Waals surface area contributed by atoms with Gasteiger partial charge < -0.3 is 15.4 Å². The number of carbonyl (C=O) groups excluding carboxylic acids is 2. The number of benzene rings is 1. The highest BCUT2D eigenvalue weighted by Gasteiger charge is 2.19. The van der Waals surface area contributed by atoms with Gasteiger partial charge in [-0.1, -0.05) is 12.1 Å². The minimum Gasteiger partial charge on any atom is -0.494 e. The summed E-state index contributed by atoms with van der Waals surface area (Å²) in [7, 11) is 3.18. The maximum atomic E-state index is 12.7. The summed E-state index contributed by atoms with van der Waals surface area (Å²) >= 11 is 0. The highest BCUT2D eigenvalue weighted by Crippen LogP contribution is 2.37. The smallest absolute Gasteiger partial charge is 0.326 e. The van der Waals surface area contributed by atoms with Crippen molar-refractivity contribution in [1.82, 2.24) is 35.3 Å². The van der Waals surface area contributed by atoms with Crippen LogP contribution in [0.1, 0.15) is 14.6 Å². The van der Waals surface area contributed by atoms with Crippen LogP contribution in [0, 0.1) is 0 Å². The fourth-order valence-corrected chi connectivity index (χ4v) is 3.11. The van der Waals surface area contributed by atoms with Crippen molar-refractivity contribution in [3.63, 3.8) is 0 Å². The van der Waals surface area contributed by atoms with E-state index in [1.165, 1.54) is 30.4 Å². The molecule has 0 bridgehead atoms. The largest absolute Gasteiger partial charge is 0.494 e. The number of ether oxygens (including phenoxy) is 1. The van der Waals surface area contributed by atoms with Crippen molar-refractivity contribution in [3.8, 4) is 17.1 Å². The van der Waals surface area contributed by atoms with E-state index in [1.54, 1.807) is 43.4 Å². The molecule has 4 N–H and O–H groups in total. The lowest BCUT2D eigenvalue weighted by Crippen LogP contribution is -2.24. The number of pyridine rings is 1. The number of anilines is 4. The summed E-state index contributed by atoms with van der Waals surface area (Å²) < 4.78 is 29.2. The molecule has 0 fully saturated rings. The average Bonchev–Trinajstić information content (AvgIpc) is 3.29. The highest BCUT2D eigenvalue weighted by molar-refractivity contribution is 6.01. The van der Waals surface area contributed by atoms with Crippen molar-refractivity contribution in [2.45, 2.75) is 0 Å². The van der Waals surface area contributed by atoms with E-state index in [0.717, 1.165) is 0 Å². The Morgan fingerprint density at radius 1 is 1.03 bits per heavy atom. The number of nitrogens with one attached hydrogen (secondary N) is 4. The Morgan fingerprint density at radius 3 is 2.60 bits per heavy atom. The third kappa shape index (κ3) is 5.30. The van der Waals surface area contributed by atoms with Gasteiger partial charge in [0, 0.05) is 30.4 Å². The second-order valence-electron chi connectivity index (χ2n) is 6.99. The van der Waals surface area contributed by atoms with Gasteiger partial charge >= 0.3 is 6.03 Å². The van der Waals surface area contributed by atoms with Crippen LogP contribution < -0.4 is 26.0 Å². The number of aromatic nitrogens is 6. The molecule has 3 amide bonds. The molecule has 4 aromatic rings. The van der Waals surface area contributed by atoms with Gasteiger partial charge in [-0.15, -0.1) is 10.2 Å². The fourth-order valence-electron chi connectivity index (χ4n) is 3.11. The van der Waals surface area contributed by atoms with E-state index in [9.17, 15) is 9.59 Å². The maximum absolute atomic E-state index is 12.7. The molecule has 0 radical (unpaired) electrons. The number of carbonyl (C=O) groups is 2. The molecule has 0 aliphatic carbocycles. The molecule has 0 saturated heterocycles. The molecule has 3 heterocycles. The number of hydrogen-bond donors (Lipinski definition) is 4. The zero-order valence-corrected chi connectivity index (χ0v) is 18.6. The highest BCUT2D eigenvalue weighted by atomic mass is 16.5. The van der Waals surface area contributed by atoms with Crippen molar-refractivity contribution in [1.29, 1.82) is 0 Å². The number of aryl methyl sites for hydroxylation is 1. The Hall–Kier alpha value is -5.07. The fraction of sp³-hybridized carbons (Fsp3) is 0.136. The van der Waals surface area contributed by atoms with E-state index in [0.29, 0.717) is 28.6 Å². The summed E-state index contributed by atoms with van der Waals surface area (Å²) in [5.74, 6) is 0.00316. The number of methoxy groups -OCH3 is 1. The van der Waals surface area contributed by atoms with Crippen LogP contribution in [0.5, 0.6) is 5.75 Å². The van der Waals surface area contributed by atoms with E-state index in [2.05, 4.69) is 41.2 Å². The van der Waals surface area contributed by atoms with E-state index in [4.69, 9.17) is 8.85 Å². The van der Waals surface area contributed by atoms with E-state index in [-0.39, 0.29) is 17.2 Å². The lowest BCUT2D eigenvalue weighted by molar-refractivity contribution is 0.0958. The van der Waals surface area contributed by atoms with Crippen LogP contribution in [0.25, 0.3) is 11.4 Å². The molecule has 0 spiro atoms. The van der Waals surface area contributed by atoms with Crippen molar-refractivity contribution in [2.75, 3.05) is 30.0 Å². The molecule has 178 valence electrons. The first-order valence-electron chi connectivity index (χ1n) is 11.6. The Balaban J connectivity index is 1.68. The van der Waals surface area contributed by atoms with Crippen LogP contribution in [0.4, 0.5) is 27.8 Å². The van der Waals surface area contributed by atoms with Gasteiger partial charge in [-0.25, -0.2) is 14.8 Å². The number of urea groups is 1. The molecule has 1 aromatic carbocycles. The summed E-state index contributed by atoms with van der Waals surface area (Å²) in [6.07, 6.45) is 3.05. The lowest BCUT2D eigenvalue weighted by Gasteiger charge is -2.16. The van der Waals surface area contributed by atoms with Crippen molar-refractivity contribution in [3.05, 3.63) is 60.7 Å². The van der Waals surface area contributed by atoms with E-state index >= 15 is 0 Å². The van der Waals surface area contributed by atoms with Gasteiger partial charge in [0.2, 0.25) is 0 Å². The zero-order valence-electron chi connectivity index (χ0n) is 21.6. The summed E-state index contributed by atoms with van der Waals surface area (Å²) in [4.78, 5) is 33.4. The predicted molar refractivity (Wildman–Crippen MR) is 129 cm³/mol. The van der Waals surface area contributed by atoms with Gasteiger partial charge in [0.1, 0.15) is 12.1 Å². The molecule has 4 rings (SSSR count). The number of hydrogen-bond acceptors (Lipinski definition) is 9. The molecule has 0 atom stereocenters. The summed E-state index contributed by atoms with van der Waals surface area (Å²) in [5.41, 5.74) is 0.651. The summed E-state index contributed by atoms with van der Waals surface area (Å²) in [5, 5.41) is 21.9. The van der Waals surface area contributed by atoms with Crippen LogP contribution in [-0.2, 0) is 7.05 Å². The van der Waals surface area contributed by atoms with Crippen molar-refractivity contribution >= 4 is 34.9 Å². The van der Waals surface area contributed by atoms with Crippen LogP contribution in [0.15, 0.2) is 55.0 Å². The van der Waals surface area contributed by atoms with Gasteiger partial charge in [0.25, 0.3) is 5.91 Å². The Morgan fingerprint density at radius 2 is 1.89 bits per heavy atom. The first kappa shape index (κ1) is 19.4. The number of rotatable bonds is 7. The first-order valence-corrected chi connectivity index (χ1v) is 10.1. The molecular formula is C22H22N10O3. The molecule has 0 aliphatic heterocycles. The molecule has 0 aliphatic rings. The van der Waals surface area contributed by atoms with Crippen LogP contribution in [-0.4, -0.2) is 56.0 Å². The SMILES string of the molecule is [2H]C([2H])([2H])NC(=O)c1nnc(NC(=O)Nc2ccccn2)cc1Nc1cccc(-c2ncn(C)n2)c1OC. The van der Waals surface area contributed by atoms with Crippen LogP contribution in [0.2, 0.25) is 0 Å². The standard InChI is InChI=1S/C22H22N10O3/c1-23-21(33)18-15(11-17(29-30-18)28-22(34)27-16-9-4-5-10-24-16)26-14-8-6-7-13(19(14)35-3)20-25-12-32(2)31-20/h4-12H,1-3H3,(H,23,33)(H3,24,26,27,28,29,34)/i1D3. The second-order valence-corrected chi connectivity index (χ2v) is 6.99. The minimum atomic E-state index is -2.77. The third-order valence-electron chi connectivity index (χ3n) is 4.60. The van der Waals surface area contributed by atoms with E-state index in [1.807, 2.05) is 5.32 Å².